The molecule has 4 heteroatoms. The van der Waals surface area contributed by atoms with Crippen molar-refractivity contribution in [3.05, 3.63) is 0 Å². The molecule has 1 unspecified atom stereocenters. The second-order valence-electron chi connectivity index (χ2n) is 5.05. The summed E-state index contributed by atoms with van der Waals surface area (Å²) in [5.74, 6) is 0.912. The molecule has 1 fully saturated rings. The molecule has 0 bridgehead atoms. The zero-order valence-electron chi connectivity index (χ0n) is 11.1. The van der Waals surface area contributed by atoms with Gasteiger partial charge in [-0.25, -0.2) is 0 Å². The van der Waals surface area contributed by atoms with Gasteiger partial charge in [0.15, 0.2) is 5.11 Å². The highest BCUT2D eigenvalue weighted by atomic mass is 32.1. The minimum Gasteiger partial charge on any atom is -0.383 e. The van der Waals surface area contributed by atoms with E-state index < -0.39 is 0 Å². The van der Waals surface area contributed by atoms with Crippen LogP contribution < -0.4 is 10.6 Å². The molecule has 0 spiro atoms. The van der Waals surface area contributed by atoms with Gasteiger partial charge in [-0.3, -0.25) is 0 Å². The van der Waals surface area contributed by atoms with Crippen molar-refractivity contribution in [2.45, 2.75) is 51.5 Å². The van der Waals surface area contributed by atoms with Crippen molar-refractivity contribution >= 4 is 17.3 Å². The molecule has 0 aromatic heterocycles. The van der Waals surface area contributed by atoms with E-state index >= 15 is 0 Å². The van der Waals surface area contributed by atoms with Crippen LogP contribution in [-0.2, 0) is 4.74 Å². The number of thiocarbonyl (C=S) groups is 1. The average Bonchev–Trinajstić information content (AvgIpc) is 2.30. The summed E-state index contributed by atoms with van der Waals surface area (Å²) >= 11 is 5.23. The number of hydrogen-bond donors (Lipinski definition) is 2. The van der Waals surface area contributed by atoms with Gasteiger partial charge in [0.25, 0.3) is 0 Å². The van der Waals surface area contributed by atoms with Crippen LogP contribution in [-0.4, -0.2) is 31.4 Å². The van der Waals surface area contributed by atoms with Crippen LogP contribution in [0.15, 0.2) is 0 Å². The Hall–Kier alpha value is -0.350. The van der Waals surface area contributed by atoms with Gasteiger partial charge < -0.3 is 15.4 Å². The Balaban J connectivity index is 2.03. The first-order valence-electron chi connectivity index (χ1n) is 6.75. The number of nitrogens with one attached hydrogen (secondary N) is 2. The molecule has 3 nitrogen and oxygen atoms in total. The average molecular weight is 258 g/mol. The van der Waals surface area contributed by atoms with Crippen molar-refractivity contribution in [3.63, 3.8) is 0 Å². The van der Waals surface area contributed by atoms with Gasteiger partial charge >= 0.3 is 0 Å². The summed E-state index contributed by atoms with van der Waals surface area (Å²) in [6.07, 6.45) is 8.32. The Bertz CT molecular complexity index is 217. The molecule has 1 rings (SSSR count). The summed E-state index contributed by atoms with van der Waals surface area (Å²) in [5, 5.41) is 7.25. The second kappa shape index (κ2) is 8.70. The van der Waals surface area contributed by atoms with Crippen LogP contribution in [0, 0.1) is 5.92 Å². The lowest BCUT2D eigenvalue weighted by Gasteiger charge is -2.22. The van der Waals surface area contributed by atoms with E-state index in [-0.39, 0.29) is 6.04 Å². The van der Waals surface area contributed by atoms with Crippen molar-refractivity contribution in [1.82, 2.24) is 10.6 Å². The lowest BCUT2D eigenvalue weighted by Crippen LogP contribution is -2.43. The van der Waals surface area contributed by atoms with Crippen LogP contribution in [0.4, 0.5) is 0 Å². The Kier molecular flexibility index (Phi) is 7.53. The van der Waals surface area contributed by atoms with Crippen molar-refractivity contribution in [1.29, 1.82) is 0 Å². The Labute approximate surface area is 111 Å². The Morgan fingerprint density at radius 1 is 1.35 bits per heavy atom. The smallest absolute Gasteiger partial charge is 0.166 e. The summed E-state index contributed by atoms with van der Waals surface area (Å²) in [6, 6.07) is 0.273. The molecule has 0 aliphatic heterocycles. The molecular weight excluding hydrogens is 232 g/mol. The lowest BCUT2D eigenvalue weighted by molar-refractivity contribution is 0.179. The predicted molar refractivity (Wildman–Crippen MR) is 76.3 cm³/mol. The first-order valence-corrected chi connectivity index (χ1v) is 7.16. The van der Waals surface area contributed by atoms with Crippen LogP contribution in [0.3, 0.4) is 0 Å². The minimum atomic E-state index is 0.273. The fourth-order valence-electron chi connectivity index (χ4n) is 2.43. The summed E-state index contributed by atoms with van der Waals surface area (Å²) in [6.45, 7) is 3.75. The summed E-state index contributed by atoms with van der Waals surface area (Å²) in [7, 11) is 1.71. The maximum absolute atomic E-state index is 5.23. The Morgan fingerprint density at radius 3 is 2.71 bits per heavy atom. The largest absolute Gasteiger partial charge is 0.383 e. The number of hydrogen-bond acceptors (Lipinski definition) is 2. The molecule has 1 aliphatic rings. The summed E-state index contributed by atoms with van der Waals surface area (Å²) < 4.78 is 5.05. The van der Waals surface area contributed by atoms with Gasteiger partial charge in [0.2, 0.25) is 0 Å². The van der Waals surface area contributed by atoms with E-state index in [4.69, 9.17) is 17.0 Å². The van der Waals surface area contributed by atoms with E-state index in [0.29, 0.717) is 6.61 Å². The van der Waals surface area contributed by atoms with E-state index in [1.54, 1.807) is 7.11 Å². The molecule has 17 heavy (non-hydrogen) atoms. The van der Waals surface area contributed by atoms with E-state index in [9.17, 15) is 0 Å². The minimum absolute atomic E-state index is 0.273. The first kappa shape index (κ1) is 14.7. The number of methoxy groups -OCH3 is 1. The van der Waals surface area contributed by atoms with Crippen molar-refractivity contribution in [2.75, 3.05) is 20.3 Å². The van der Waals surface area contributed by atoms with E-state index in [1.165, 1.54) is 38.5 Å². The quantitative estimate of drug-likeness (QED) is 0.717. The molecule has 2 N–H and O–H groups in total. The topological polar surface area (TPSA) is 33.3 Å². The molecular formula is C13H26N2OS. The standard InChI is InChI=1S/C13H26N2OS/c1-11(10-16-2)15-13(17)14-9-8-12-6-4-3-5-7-12/h11-12H,3-10H2,1-2H3,(H2,14,15,17). The monoisotopic (exact) mass is 258 g/mol. The maximum atomic E-state index is 5.23. The molecule has 0 heterocycles. The van der Waals surface area contributed by atoms with Gasteiger partial charge in [-0.05, 0) is 31.5 Å². The lowest BCUT2D eigenvalue weighted by atomic mass is 9.87. The van der Waals surface area contributed by atoms with Gasteiger partial charge in [-0.1, -0.05) is 32.1 Å². The third-order valence-electron chi connectivity index (χ3n) is 3.36. The van der Waals surface area contributed by atoms with E-state index in [2.05, 4.69) is 17.6 Å². The SMILES string of the molecule is COCC(C)NC(=S)NCCC1CCCCC1. The van der Waals surface area contributed by atoms with Crippen molar-refractivity contribution in [3.8, 4) is 0 Å². The third-order valence-corrected chi connectivity index (χ3v) is 3.62. The van der Waals surface area contributed by atoms with Gasteiger partial charge in [0, 0.05) is 19.7 Å². The normalized spacial score (nSPS) is 18.7. The summed E-state index contributed by atoms with van der Waals surface area (Å²) in [5.41, 5.74) is 0. The predicted octanol–water partition coefficient (Wildman–Crippen LogP) is 2.46. The van der Waals surface area contributed by atoms with Crippen LogP contribution in [0.2, 0.25) is 0 Å². The number of ether oxygens (including phenoxy) is 1. The fraction of sp³-hybridized carbons (Fsp3) is 0.923. The molecule has 1 saturated carbocycles. The fourth-order valence-corrected chi connectivity index (χ4v) is 2.74. The van der Waals surface area contributed by atoms with Crippen LogP contribution in [0.1, 0.15) is 45.4 Å². The highest BCUT2D eigenvalue weighted by Gasteiger charge is 2.12. The highest BCUT2D eigenvalue weighted by molar-refractivity contribution is 7.80. The zero-order valence-corrected chi connectivity index (χ0v) is 11.9. The van der Waals surface area contributed by atoms with E-state index in [0.717, 1.165) is 17.6 Å². The van der Waals surface area contributed by atoms with Crippen molar-refractivity contribution < 1.29 is 4.74 Å². The highest BCUT2D eigenvalue weighted by Crippen LogP contribution is 2.25. The molecule has 0 aromatic rings. The molecule has 100 valence electrons. The number of rotatable bonds is 6. The third kappa shape index (κ3) is 6.84. The maximum Gasteiger partial charge on any atom is 0.166 e. The van der Waals surface area contributed by atoms with Gasteiger partial charge in [-0.2, -0.15) is 0 Å². The van der Waals surface area contributed by atoms with Crippen LogP contribution in [0.5, 0.6) is 0 Å². The second-order valence-corrected chi connectivity index (χ2v) is 5.46. The van der Waals surface area contributed by atoms with Gasteiger partial charge in [0.1, 0.15) is 0 Å². The molecule has 0 aromatic carbocycles. The van der Waals surface area contributed by atoms with Crippen molar-refractivity contribution in [2.24, 2.45) is 5.92 Å². The van der Waals surface area contributed by atoms with Gasteiger partial charge in [0.05, 0.1) is 6.61 Å². The molecule has 0 amide bonds. The summed E-state index contributed by atoms with van der Waals surface area (Å²) in [4.78, 5) is 0. The Morgan fingerprint density at radius 2 is 2.06 bits per heavy atom. The van der Waals surface area contributed by atoms with Crippen LogP contribution in [0.25, 0.3) is 0 Å². The van der Waals surface area contributed by atoms with Crippen LogP contribution >= 0.6 is 12.2 Å². The molecule has 0 saturated heterocycles. The molecule has 1 aliphatic carbocycles. The molecule has 1 atom stereocenters. The zero-order chi connectivity index (χ0) is 12.5. The molecule has 0 radical (unpaired) electrons. The van der Waals surface area contributed by atoms with Gasteiger partial charge in [-0.15, -0.1) is 0 Å². The first-order chi connectivity index (χ1) is 8.22. The van der Waals surface area contributed by atoms with E-state index in [1.807, 2.05) is 0 Å².